The molecule has 2 atom stereocenters. The van der Waals surface area contributed by atoms with E-state index in [1.54, 1.807) is 11.8 Å². The van der Waals surface area contributed by atoms with Crippen LogP contribution in [-0.4, -0.2) is 37.2 Å². The van der Waals surface area contributed by atoms with Gasteiger partial charge >= 0.3 is 5.97 Å². The smallest absolute Gasteiger partial charge is 0.315 e. The molecule has 3 nitrogen and oxygen atoms in total. The molecule has 0 aromatic heterocycles. The van der Waals surface area contributed by atoms with Gasteiger partial charge in [0.05, 0.1) is 12.9 Å². The number of methoxy groups -OCH3 is 1. The monoisotopic (exact) mass is 233 g/mol. The van der Waals surface area contributed by atoms with E-state index >= 15 is 0 Å². The van der Waals surface area contributed by atoms with Crippen LogP contribution in [0.2, 0.25) is 0 Å². The summed E-state index contributed by atoms with van der Waals surface area (Å²) in [4.78, 5) is 10.9. The maximum atomic E-state index is 10.9. The SMILES string of the molecule is CCNC(CSCC(=O)OC)C(C)CC. The van der Waals surface area contributed by atoms with Crippen LogP contribution in [-0.2, 0) is 9.53 Å². The average Bonchev–Trinajstić information content (AvgIpc) is 2.26. The van der Waals surface area contributed by atoms with Crippen molar-refractivity contribution in [2.45, 2.75) is 33.2 Å². The predicted octanol–water partition coefficient (Wildman–Crippen LogP) is 1.92. The van der Waals surface area contributed by atoms with Crippen LogP contribution in [0.5, 0.6) is 0 Å². The molecule has 0 fully saturated rings. The number of carbonyl (C=O) groups excluding carboxylic acids is 1. The van der Waals surface area contributed by atoms with Crippen LogP contribution >= 0.6 is 11.8 Å². The third-order valence-electron chi connectivity index (χ3n) is 2.54. The van der Waals surface area contributed by atoms with Crippen molar-refractivity contribution >= 4 is 17.7 Å². The van der Waals surface area contributed by atoms with Crippen LogP contribution in [0.3, 0.4) is 0 Å². The van der Waals surface area contributed by atoms with Crippen molar-refractivity contribution in [1.82, 2.24) is 5.32 Å². The van der Waals surface area contributed by atoms with E-state index in [1.807, 2.05) is 0 Å². The Balaban J connectivity index is 3.80. The lowest BCUT2D eigenvalue weighted by molar-refractivity contribution is -0.137. The highest BCUT2D eigenvalue weighted by Crippen LogP contribution is 2.13. The number of nitrogens with one attached hydrogen (secondary N) is 1. The summed E-state index contributed by atoms with van der Waals surface area (Å²) in [5.41, 5.74) is 0. The number of hydrogen-bond acceptors (Lipinski definition) is 4. The Hall–Kier alpha value is -0.220. The Labute approximate surface area is 97.3 Å². The minimum atomic E-state index is -0.139. The van der Waals surface area contributed by atoms with Gasteiger partial charge in [-0.3, -0.25) is 4.79 Å². The number of carbonyl (C=O) groups is 1. The normalized spacial score (nSPS) is 14.7. The van der Waals surface area contributed by atoms with Crippen molar-refractivity contribution in [3.63, 3.8) is 0 Å². The summed E-state index contributed by atoms with van der Waals surface area (Å²) in [6.07, 6.45) is 1.16. The van der Waals surface area contributed by atoms with Gasteiger partial charge in [-0.2, -0.15) is 0 Å². The van der Waals surface area contributed by atoms with Crippen molar-refractivity contribution in [1.29, 1.82) is 0 Å². The van der Waals surface area contributed by atoms with E-state index in [0.29, 0.717) is 17.7 Å². The van der Waals surface area contributed by atoms with Crippen LogP contribution in [0, 0.1) is 5.92 Å². The molecule has 1 N–H and O–H groups in total. The summed E-state index contributed by atoms with van der Waals surface area (Å²) >= 11 is 1.64. The van der Waals surface area contributed by atoms with Crippen LogP contribution in [0.4, 0.5) is 0 Å². The Kier molecular flexibility index (Phi) is 8.91. The number of ether oxygens (including phenoxy) is 1. The number of rotatable bonds is 8. The fraction of sp³-hybridized carbons (Fsp3) is 0.909. The third-order valence-corrected chi connectivity index (χ3v) is 3.58. The zero-order chi connectivity index (χ0) is 11.7. The second kappa shape index (κ2) is 9.04. The molecule has 0 amide bonds. The minimum absolute atomic E-state index is 0.139. The lowest BCUT2D eigenvalue weighted by Gasteiger charge is -2.23. The summed E-state index contributed by atoms with van der Waals surface area (Å²) < 4.78 is 4.60. The molecule has 0 saturated heterocycles. The molecule has 0 saturated carbocycles. The van der Waals surface area contributed by atoms with Gasteiger partial charge in [-0.05, 0) is 12.5 Å². The standard InChI is InChI=1S/C11H23NO2S/c1-5-9(3)10(12-6-2)7-15-8-11(13)14-4/h9-10,12H,5-8H2,1-4H3. The van der Waals surface area contributed by atoms with Crippen molar-refractivity contribution < 1.29 is 9.53 Å². The molecule has 0 heterocycles. The molecule has 0 aromatic rings. The Bertz CT molecular complexity index is 176. The Morgan fingerprint density at radius 1 is 1.47 bits per heavy atom. The highest BCUT2D eigenvalue weighted by molar-refractivity contribution is 7.99. The van der Waals surface area contributed by atoms with E-state index in [2.05, 4.69) is 30.8 Å². The first kappa shape index (κ1) is 14.8. The lowest BCUT2D eigenvalue weighted by Crippen LogP contribution is -2.37. The van der Waals surface area contributed by atoms with Gasteiger partial charge in [0.15, 0.2) is 0 Å². The molecule has 0 aliphatic carbocycles. The summed E-state index contributed by atoms with van der Waals surface area (Å²) in [5.74, 6) is 1.93. The Morgan fingerprint density at radius 3 is 2.60 bits per heavy atom. The van der Waals surface area contributed by atoms with E-state index in [0.717, 1.165) is 18.7 Å². The lowest BCUT2D eigenvalue weighted by atomic mass is 10.0. The quantitative estimate of drug-likeness (QED) is 0.650. The molecule has 0 aliphatic rings. The van der Waals surface area contributed by atoms with Crippen LogP contribution in [0.25, 0.3) is 0 Å². The fourth-order valence-corrected chi connectivity index (χ4v) is 2.40. The number of esters is 1. The van der Waals surface area contributed by atoms with E-state index in [4.69, 9.17) is 0 Å². The number of hydrogen-bond donors (Lipinski definition) is 1. The molecule has 0 aromatic carbocycles. The van der Waals surface area contributed by atoms with Crippen LogP contribution in [0.1, 0.15) is 27.2 Å². The topological polar surface area (TPSA) is 38.3 Å². The largest absolute Gasteiger partial charge is 0.468 e. The van der Waals surface area contributed by atoms with Crippen molar-refractivity contribution in [3.05, 3.63) is 0 Å². The first-order chi connectivity index (χ1) is 7.15. The maximum Gasteiger partial charge on any atom is 0.315 e. The van der Waals surface area contributed by atoms with E-state index in [1.165, 1.54) is 7.11 Å². The summed E-state index contributed by atoms with van der Waals surface area (Å²) in [5, 5.41) is 3.45. The fourth-order valence-electron chi connectivity index (χ4n) is 1.30. The molecule has 90 valence electrons. The van der Waals surface area contributed by atoms with Crippen molar-refractivity contribution in [2.75, 3.05) is 25.2 Å². The molecule has 0 aliphatic heterocycles. The van der Waals surface area contributed by atoms with Gasteiger partial charge in [0, 0.05) is 11.8 Å². The van der Waals surface area contributed by atoms with E-state index in [9.17, 15) is 4.79 Å². The molecule has 15 heavy (non-hydrogen) atoms. The Morgan fingerprint density at radius 2 is 2.13 bits per heavy atom. The van der Waals surface area contributed by atoms with Gasteiger partial charge in [0.2, 0.25) is 0 Å². The van der Waals surface area contributed by atoms with Crippen LogP contribution in [0.15, 0.2) is 0 Å². The van der Waals surface area contributed by atoms with Gasteiger partial charge in [-0.25, -0.2) is 0 Å². The van der Waals surface area contributed by atoms with Gasteiger partial charge in [0.1, 0.15) is 0 Å². The zero-order valence-electron chi connectivity index (χ0n) is 10.2. The van der Waals surface area contributed by atoms with Crippen molar-refractivity contribution in [3.8, 4) is 0 Å². The highest BCUT2D eigenvalue weighted by atomic mass is 32.2. The molecule has 0 bridgehead atoms. The molecule has 4 heteroatoms. The zero-order valence-corrected chi connectivity index (χ0v) is 11.0. The first-order valence-corrected chi connectivity index (χ1v) is 6.69. The summed E-state index contributed by atoms with van der Waals surface area (Å²) in [7, 11) is 1.43. The first-order valence-electron chi connectivity index (χ1n) is 5.53. The van der Waals surface area contributed by atoms with Gasteiger partial charge in [0.25, 0.3) is 0 Å². The second-order valence-corrected chi connectivity index (χ2v) is 4.67. The molecule has 0 spiro atoms. The second-order valence-electron chi connectivity index (χ2n) is 3.64. The van der Waals surface area contributed by atoms with Gasteiger partial charge < -0.3 is 10.1 Å². The minimum Gasteiger partial charge on any atom is -0.468 e. The van der Waals surface area contributed by atoms with E-state index in [-0.39, 0.29) is 5.97 Å². The summed E-state index contributed by atoms with van der Waals surface area (Å²) in [6, 6.07) is 0.495. The predicted molar refractivity (Wildman–Crippen MR) is 66.3 cm³/mol. The molecular weight excluding hydrogens is 210 g/mol. The van der Waals surface area contributed by atoms with Crippen LogP contribution < -0.4 is 5.32 Å². The third kappa shape index (κ3) is 6.79. The molecule has 2 unspecified atom stereocenters. The average molecular weight is 233 g/mol. The van der Waals surface area contributed by atoms with E-state index < -0.39 is 0 Å². The van der Waals surface area contributed by atoms with Crippen molar-refractivity contribution in [2.24, 2.45) is 5.92 Å². The maximum absolute atomic E-state index is 10.9. The molecular formula is C11H23NO2S. The summed E-state index contributed by atoms with van der Waals surface area (Å²) in [6.45, 7) is 7.53. The highest BCUT2D eigenvalue weighted by Gasteiger charge is 2.15. The molecule has 0 rings (SSSR count). The van der Waals surface area contributed by atoms with Gasteiger partial charge in [-0.1, -0.05) is 27.2 Å². The molecule has 0 radical (unpaired) electrons. The number of thioether (sulfide) groups is 1. The van der Waals surface area contributed by atoms with Gasteiger partial charge in [-0.15, -0.1) is 11.8 Å².